The highest BCUT2D eigenvalue weighted by molar-refractivity contribution is 7.84. The molecular formula is C10H14O2S. The maximum Gasteiger partial charge on any atom is 0.0572 e. The summed E-state index contributed by atoms with van der Waals surface area (Å²) in [5.74, 6) is 0.530. The minimum atomic E-state index is -0.966. The van der Waals surface area contributed by atoms with Crippen molar-refractivity contribution >= 4 is 10.8 Å². The van der Waals surface area contributed by atoms with Crippen molar-refractivity contribution in [3.05, 3.63) is 35.9 Å². The quantitative estimate of drug-likeness (QED) is 0.792. The van der Waals surface area contributed by atoms with E-state index in [9.17, 15) is 4.21 Å². The Morgan fingerprint density at radius 2 is 2.00 bits per heavy atom. The van der Waals surface area contributed by atoms with Gasteiger partial charge in [0.05, 0.1) is 11.9 Å². The van der Waals surface area contributed by atoms with Crippen LogP contribution in [0.4, 0.5) is 0 Å². The summed E-state index contributed by atoms with van der Waals surface area (Å²) in [5.41, 5.74) is 1.06. The third-order valence-corrected chi connectivity index (χ3v) is 3.52. The molecule has 0 spiro atoms. The first-order chi connectivity index (χ1) is 6.24. The van der Waals surface area contributed by atoms with E-state index in [0.717, 1.165) is 5.56 Å². The van der Waals surface area contributed by atoms with E-state index >= 15 is 0 Å². The number of hydrogen-bond donors (Lipinski definition) is 1. The molecule has 0 radical (unpaired) electrons. The van der Waals surface area contributed by atoms with Crippen LogP contribution in [0.3, 0.4) is 0 Å². The van der Waals surface area contributed by atoms with E-state index in [-0.39, 0.29) is 11.9 Å². The molecule has 0 aliphatic rings. The molecule has 0 aliphatic carbocycles. The molecule has 0 saturated heterocycles. The lowest BCUT2D eigenvalue weighted by Gasteiger charge is -2.07. The van der Waals surface area contributed by atoms with Crippen LogP contribution in [0.5, 0.6) is 0 Å². The Labute approximate surface area is 81.1 Å². The highest BCUT2D eigenvalue weighted by Gasteiger charge is 2.09. The Bertz CT molecular complexity index is 272. The molecule has 0 saturated carbocycles. The predicted octanol–water partition coefficient (Wildman–Crippen LogP) is 1.32. The molecule has 1 rings (SSSR count). The number of aliphatic hydroxyl groups is 1. The van der Waals surface area contributed by atoms with Crippen LogP contribution in [0, 0.1) is 0 Å². The molecule has 0 aliphatic heterocycles. The van der Waals surface area contributed by atoms with Crippen molar-refractivity contribution in [2.24, 2.45) is 0 Å². The van der Waals surface area contributed by atoms with Crippen LogP contribution in [0.2, 0.25) is 0 Å². The highest BCUT2D eigenvalue weighted by Crippen LogP contribution is 2.06. The van der Waals surface area contributed by atoms with E-state index in [1.165, 1.54) is 0 Å². The largest absolute Gasteiger partial charge is 0.395 e. The van der Waals surface area contributed by atoms with Crippen LogP contribution < -0.4 is 0 Å². The molecule has 3 heteroatoms. The van der Waals surface area contributed by atoms with Crippen LogP contribution in [-0.2, 0) is 16.6 Å². The lowest BCUT2D eigenvalue weighted by Crippen LogP contribution is -2.16. The number of benzene rings is 1. The van der Waals surface area contributed by atoms with E-state index in [0.29, 0.717) is 5.75 Å². The average Bonchev–Trinajstić information content (AvgIpc) is 2.18. The van der Waals surface area contributed by atoms with Crippen LogP contribution >= 0.6 is 0 Å². The fourth-order valence-corrected chi connectivity index (χ4v) is 1.94. The maximum absolute atomic E-state index is 11.5. The molecule has 0 heterocycles. The van der Waals surface area contributed by atoms with Gasteiger partial charge in [0.2, 0.25) is 0 Å². The summed E-state index contributed by atoms with van der Waals surface area (Å²) in [4.78, 5) is 0. The summed E-state index contributed by atoms with van der Waals surface area (Å²) in [6, 6.07) is 9.68. The molecular weight excluding hydrogens is 184 g/mol. The van der Waals surface area contributed by atoms with Crippen molar-refractivity contribution in [2.75, 3.05) is 6.61 Å². The predicted molar refractivity (Wildman–Crippen MR) is 54.8 cm³/mol. The minimum Gasteiger partial charge on any atom is -0.395 e. The Balaban J connectivity index is 2.55. The maximum atomic E-state index is 11.5. The molecule has 1 aromatic rings. The first-order valence-corrected chi connectivity index (χ1v) is 5.64. The second kappa shape index (κ2) is 5.14. The van der Waals surface area contributed by atoms with E-state index < -0.39 is 10.8 Å². The van der Waals surface area contributed by atoms with Gasteiger partial charge in [-0.15, -0.1) is 0 Å². The van der Waals surface area contributed by atoms with Gasteiger partial charge in [-0.1, -0.05) is 30.3 Å². The van der Waals surface area contributed by atoms with Gasteiger partial charge in [0.25, 0.3) is 0 Å². The molecule has 72 valence electrons. The first kappa shape index (κ1) is 10.4. The molecule has 0 bridgehead atoms. The summed E-state index contributed by atoms with van der Waals surface area (Å²) in [5, 5.41) is 8.65. The standard InChI is InChI=1S/C10H14O2S/c1-9(7-11)13(12)8-10-5-3-2-4-6-10/h2-6,9,11H,7-8H2,1H3. The van der Waals surface area contributed by atoms with Crippen molar-refractivity contribution < 1.29 is 9.32 Å². The van der Waals surface area contributed by atoms with Crippen LogP contribution in [0.25, 0.3) is 0 Å². The van der Waals surface area contributed by atoms with Gasteiger partial charge in [0, 0.05) is 16.6 Å². The third kappa shape index (κ3) is 3.28. The van der Waals surface area contributed by atoms with Crippen molar-refractivity contribution in [1.29, 1.82) is 0 Å². The van der Waals surface area contributed by atoms with Crippen LogP contribution in [-0.4, -0.2) is 21.2 Å². The number of hydrogen-bond acceptors (Lipinski definition) is 2. The molecule has 2 unspecified atom stereocenters. The van der Waals surface area contributed by atoms with E-state index in [4.69, 9.17) is 5.11 Å². The van der Waals surface area contributed by atoms with Gasteiger partial charge in [-0.3, -0.25) is 4.21 Å². The fraction of sp³-hybridized carbons (Fsp3) is 0.400. The molecule has 0 amide bonds. The van der Waals surface area contributed by atoms with Gasteiger partial charge < -0.3 is 5.11 Å². The molecule has 0 aromatic heterocycles. The minimum absolute atomic E-state index is 0.0144. The molecule has 2 atom stereocenters. The van der Waals surface area contributed by atoms with Crippen molar-refractivity contribution in [2.45, 2.75) is 17.9 Å². The Morgan fingerprint density at radius 1 is 1.38 bits per heavy atom. The van der Waals surface area contributed by atoms with Crippen LogP contribution in [0.1, 0.15) is 12.5 Å². The van der Waals surface area contributed by atoms with E-state index in [2.05, 4.69) is 0 Å². The van der Waals surface area contributed by atoms with Crippen molar-refractivity contribution in [3.63, 3.8) is 0 Å². The molecule has 13 heavy (non-hydrogen) atoms. The monoisotopic (exact) mass is 198 g/mol. The zero-order valence-corrected chi connectivity index (χ0v) is 8.46. The smallest absolute Gasteiger partial charge is 0.0572 e. The first-order valence-electron chi connectivity index (χ1n) is 4.26. The highest BCUT2D eigenvalue weighted by atomic mass is 32.2. The summed E-state index contributed by atoms with van der Waals surface area (Å²) in [6.45, 7) is 1.78. The zero-order valence-electron chi connectivity index (χ0n) is 7.64. The number of aliphatic hydroxyl groups excluding tert-OH is 1. The second-order valence-electron chi connectivity index (χ2n) is 3.00. The molecule has 1 N–H and O–H groups in total. The summed E-state index contributed by atoms with van der Waals surface area (Å²) in [6.07, 6.45) is 0. The average molecular weight is 198 g/mol. The van der Waals surface area contributed by atoms with Crippen LogP contribution in [0.15, 0.2) is 30.3 Å². The fourth-order valence-electron chi connectivity index (χ4n) is 0.964. The van der Waals surface area contributed by atoms with Gasteiger partial charge in [-0.25, -0.2) is 0 Å². The SMILES string of the molecule is CC(CO)S(=O)Cc1ccccc1. The zero-order chi connectivity index (χ0) is 9.68. The van der Waals surface area contributed by atoms with Crippen molar-refractivity contribution in [1.82, 2.24) is 0 Å². The van der Waals surface area contributed by atoms with Gasteiger partial charge >= 0.3 is 0 Å². The topological polar surface area (TPSA) is 37.3 Å². The van der Waals surface area contributed by atoms with Crippen molar-refractivity contribution in [3.8, 4) is 0 Å². The lowest BCUT2D eigenvalue weighted by atomic mass is 10.2. The summed E-state index contributed by atoms with van der Waals surface area (Å²) < 4.78 is 11.5. The Kier molecular flexibility index (Phi) is 4.12. The summed E-state index contributed by atoms with van der Waals surface area (Å²) in [7, 11) is -0.966. The van der Waals surface area contributed by atoms with E-state index in [1.54, 1.807) is 6.92 Å². The van der Waals surface area contributed by atoms with Gasteiger partial charge in [-0.05, 0) is 12.5 Å². The van der Waals surface area contributed by atoms with E-state index in [1.807, 2.05) is 30.3 Å². The lowest BCUT2D eigenvalue weighted by molar-refractivity contribution is 0.298. The van der Waals surface area contributed by atoms with Gasteiger partial charge in [-0.2, -0.15) is 0 Å². The van der Waals surface area contributed by atoms with Gasteiger partial charge in [0.1, 0.15) is 0 Å². The normalized spacial score (nSPS) is 15.2. The molecule has 1 aromatic carbocycles. The Hall–Kier alpha value is -0.670. The van der Waals surface area contributed by atoms with Gasteiger partial charge in [0.15, 0.2) is 0 Å². The Morgan fingerprint density at radius 3 is 2.54 bits per heavy atom. The molecule has 2 nitrogen and oxygen atoms in total. The third-order valence-electron chi connectivity index (χ3n) is 1.86. The molecule has 0 fully saturated rings. The number of rotatable bonds is 4. The second-order valence-corrected chi connectivity index (χ2v) is 4.86. The summed E-state index contributed by atoms with van der Waals surface area (Å²) >= 11 is 0.